The first kappa shape index (κ1) is 29.4. The number of aryl methyl sites for hydroxylation is 1. The maximum absolute atomic E-state index is 15.2. The number of ether oxygens (including phenoxy) is 1. The van der Waals surface area contributed by atoms with Crippen molar-refractivity contribution in [2.45, 2.75) is 40.0 Å². The Balaban J connectivity index is 0.00000442. The highest BCUT2D eigenvalue weighted by atomic mass is 19.1. The summed E-state index contributed by atoms with van der Waals surface area (Å²) in [5.74, 6) is -1.48. The second-order valence-electron chi connectivity index (χ2n) is 10.3. The van der Waals surface area contributed by atoms with E-state index in [2.05, 4.69) is 10.3 Å². The average molecular weight is 587 g/mol. The molecular weight excluding hydrogens is 555 g/mol. The largest absolute Gasteiger partial charge is 0.454 e. The number of aliphatic hydroxyl groups is 2. The van der Waals surface area contributed by atoms with Crippen LogP contribution in [0.25, 0.3) is 16.6 Å². The third kappa shape index (κ3) is 5.81. The molecule has 0 radical (unpaired) electrons. The van der Waals surface area contributed by atoms with Gasteiger partial charge in [0.05, 0.1) is 24.4 Å². The van der Waals surface area contributed by atoms with Gasteiger partial charge in [-0.15, -0.1) is 0 Å². The summed E-state index contributed by atoms with van der Waals surface area (Å²) in [5.41, 5.74) is 1.12. The third-order valence-corrected chi connectivity index (χ3v) is 6.98. The van der Waals surface area contributed by atoms with Gasteiger partial charge in [-0.2, -0.15) is 0 Å². The molecule has 222 valence electrons. The van der Waals surface area contributed by atoms with Crippen LogP contribution >= 0.6 is 0 Å². The zero-order chi connectivity index (χ0) is 30.8. The molecule has 0 fully saturated rings. The van der Waals surface area contributed by atoms with Crippen molar-refractivity contribution in [1.82, 2.24) is 14.1 Å². The highest BCUT2D eigenvalue weighted by Crippen LogP contribution is 2.33. The maximum Gasteiger partial charge on any atom is 0.335 e. The zero-order valence-electron chi connectivity index (χ0n) is 23.7. The van der Waals surface area contributed by atoms with Crippen molar-refractivity contribution in [3.8, 4) is 17.2 Å². The number of benzene rings is 3. The lowest BCUT2D eigenvalue weighted by molar-refractivity contribution is 0.102. The zero-order valence-corrected chi connectivity index (χ0v) is 23.7. The molecule has 0 aliphatic heterocycles. The van der Waals surface area contributed by atoms with Crippen LogP contribution in [0.2, 0.25) is 0 Å². The van der Waals surface area contributed by atoms with E-state index < -0.39 is 23.0 Å². The SMILES string of the molecule is Cc1ccc(-n2c(=O)c(C(=O)Nc3ccc(Oc4ccnc5cc(CO)c(CO)cc45)c(F)c3)cn(C(C)C)c2=O)cc1.[HH]. The summed E-state index contributed by atoms with van der Waals surface area (Å²) in [6.45, 7) is 4.79. The lowest BCUT2D eigenvalue weighted by Gasteiger charge is -2.16. The van der Waals surface area contributed by atoms with Gasteiger partial charge in [-0.05, 0) is 74.4 Å². The van der Waals surface area contributed by atoms with Crippen LogP contribution in [0.15, 0.2) is 82.6 Å². The van der Waals surface area contributed by atoms with Gasteiger partial charge in [0.15, 0.2) is 11.6 Å². The van der Waals surface area contributed by atoms with Crippen LogP contribution in [0.5, 0.6) is 11.5 Å². The number of nitrogens with one attached hydrogen (secondary N) is 1. The van der Waals surface area contributed by atoms with Gasteiger partial charge < -0.3 is 20.3 Å². The minimum absolute atomic E-state index is 0. The molecule has 3 N–H and O–H groups in total. The van der Waals surface area contributed by atoms with Crippen LogP contribution in [0.1, 0.15) is 48.4 Å². The van der Waals surface area contributed by atoms with Crippen molar-refractivity contribution in [2.24, 2.45) is 0 Å². The van der Waals surface area contributed by atoms with Crippen LogP contribution in [0.4, 0.5) is 10.1 Å². The normalized spacial score (nSPS) is 11.2. The lowest BCUT2D eigenvalue weighted by atomic mass is 10.0. The number of pyridine rings is 1. The number of carbonyl (C=O) groups is 1. The molecule has 0 aliphatic rings. The van der Waals surface area contributed by atoms with Crippen LogP contribution < -0.4 is 21.3 Å². The maximum atomic E-state index is 15.2. The molecule has 10 nitrogen and oxygen atoms in total. The molecule has 0 saturated heterocycles. The molecule has 11 heteroatoms. The van der Waals surface area contributed by atoms with Gasteiger partial charge in [0, 0.05) is 37.0 Å². The molecule has 2 aromatic heterocycles. The lowest BCUT2D eigenvalue weighted by Crippen LogP contribution is -2.42. The predicted octanol–water partition coefficient (Wildman–Crippen LogP) is 4.85. The molecule has 43 heavy (non-hydrogen) atoms. The number of amides is 1. The number of nitrogens with zero attached hydrogens (tertiary/aromatic N) is 3. The first-order valence-corrected chi connectivity index (χ1v) is 13.5. The van der Waals surface area contributed by atoms with E-state index in [1.165, 1.54) is 29.1 Å². The Morgan fingerprint density at radius 3 is 2.35 bits per heavy atom. The second kappa shape index (κ2) is 12.0. The summed E-state index contributed by atoms with van der Waals surface area (Å²) in [7, 11) is 0. The molecule has 0 atom stereocenters. The van der Waals surface area contributed by atoms with Gasteiger partial charge in [0.25, 0.3) is 11.5 Å². The van der Waals surface area contributed by atoms with E-state index in [1.807, 2.05) is 6.92 Å². The minimum atomic E-state index is -0.815. The average Bonchev–Trinajstić information content (AvgIpc) is 2.98. The Hall–Kier alpha value is -5.13. The first-order chi connectivity index (χ1) is 20.6. The standard InChI is InChI=1S/C32H29FN4O6.H2/c1-18(2)36-15-25(31(41)37(32(36)42)23-7-4-19(3)5-8-23)30(40)35-22-6-9-29(26(33)14-22)43-28-10-11-34-27-13-21(17-39)20(16-38)12-24(27)28;/h4-15,18,38-39H,16-17H2,1-3H3,(H,35,40);1H. The minimum Gasteiger partial charge on any atom is -0.454 e. The number of aliphatic hydroxyl groups excluding tert-OH is 2. The molecule has 3 aromatic carbocycles. The Labute approximate surface area is 246 Å². The van der Waals surface area contributed by atoms with E-state index in [0.717, 1.165) is 16.2 Å². The molecule has 0 unspecified atom stereocenters. The number of anilines is 1. The Kier molecular flexibility index (Phi) is 8.20. The Morgan fingerprint density at radius 2 is 1.70 bits per heavy atom. The number of rotatable bonds is 8. The Bertz CT molecular complexity index is 1970. The molecule has 0 saturated carbocycles. The van der Waals surface area contributed by atoms with E-state index in [0.29, 0.717) is 27.7 Å². The van der Waals surface area contributed by atoms with Crippen molar-refractivity contribution >= 4 is 22.5 Å². The molecule has 5 aromatic rings. The van der Waals surface area contributed by atoms with Crippen molar-refractivity contribution < 1.29 is 25.6 Å². The number of aromatic nitrogens is 3. The fourth-order valence-electron chi connectivity index (χ4n) is 4.64. The van der Waals surface area contributed by atoms with Gasteiger partial charge in [-0.25, -0.2) is 13.8 Å². The highest BCUT2D eigenvalue weighted by Gasteiger charge is 2.21. The molecule has 2 heterocycles. The van der Waals surface area contributed by atoms with Crippen molar-refractivity contribution in [3.63, 3.8) is 0 Å². The van der Waals surface area contributed by atoms with E-state index in [9.17, 15) is 24.6 Å². The molecule has 0 bridgehead atoms. The summed E-state index contributed by atoms with van der Waals surface area (Å²) in [5, 5.41) is 22.3. The van der Waals surface area contributed by atoms with Crippen LogP contribution in [-0.2, 0) is 13.2 Å². The van der Waals surface area contributed by atoms with Gasteiger partial charge in [0.1, 0.15) is 11.3 Å². The topological polar surface area (TPSA) is 136 Å². The predicted molar refractivity (Wildman–Crippen MR) is 162 cm³/mol. The van der Waals surface area contributed by atoms with Crippen molar-refractivity contribution in [3.05, 3.63) is 122 Å². The molecule has 0 aliphatic carbocycles. The fourth-order valence-corrected chi connectivity index (χ4v) is 4.64. The molecule has 1 amide bonds. The molecule has 5 rings (SSSR count). The molecular formula is C32H31FN4O6. The first-order valence-electron chi connectivity index (χ1n) is 13.5. The van der Waals surface area contributed by atoms with E-state index in [-0.39, 0.29) is 43.4 Å². The van der Waals surface area contributed by atoms with E-state index in [1.54, 1.807) is 56.3 Å². The summed E-state index contributed by atoms with van der Waals surface area (Å²) < 4.78 is 23.3. The summed E-state index contributed by atoms with van der Waals surface area (Å²) in [6, 6.07) is 15.0. The monoisotopic (exact) mass is 586 g/mol. The smallest absolute Gasteiger partial charge is 0.335 e. The number of carbonyl (C=O) groups excluding carboxylic acids is 1. The van der Waals surface area contributed by atoms with Crippen LogP contribution in [-0.4, -0.2) is 30.2 Å². The molecule has 0 spiro atoms. The number of fused-ring (bicyclic) bond motifs is 1. The van der Waals surface area contributed by atoms with Gasteiger partial charge in [-0.3, -0.25) is 19.1 Å². The number of hydrogen-bond donors (Lipinski definition) is 3. The Morgan fingerprint density at radius 1 is 1.00 bits per heavy atom. The van der Waals surface area contributed by atoms with Crippen molar-refractivity contribution in [1.29, 1.82) is 0 Å². The number of halogens is 1. The summed E-state index contributed by atoms with van der Waals surface area (Å²) in [6.07, 6.45) is 2.69. The highest BCUT2D eigenvalue weighted by molar-refractivity contribution is 6.04. The van der Waals surface area contributed by atoms with E-state index >= 15 is 4.39 Å². The quantitative estimate of drug-likeness (QED) is 0.237. The van der Waals surface area contributed by atoms with Crippen LogP contribution in [0.3, 0.4) is 0 Å². The summed E-state index contributed by atoms with van der Waals surface area (Å²) in [4.78, 5) is 44.0. The summed E-state index contributed by atoms with van der Waals surface area (Å²) >= 11 is 0. The second-order valence-corrected chi connectivity index (χ2v) is 10.3. The van der Waals surface area contributed by atoms with Gasteiger partial charge in [-0.1, -0.05) is 17.7 Å². The fraction of sp³-hybridized carbons (Fsp3) is 0.188. The van der Waals surface area contributed by atoms with Crippen LogP contribution in [0, 0.1) is 12.7 Å². The third-order valence-electron chi connectivity index (χ3n) is 6.98. The van der Waals surface area contributed by atoms with Gasteiger partial charge >= 0.3 is 5.69 Å². The number of hydrogen-bond acceptors (Lipinski definition) is 7. The van der Waals surface area contributed by atoms with Crippen molar-refractivity contribution in [2.75, 3.05) is 5.32 Å². The van der Waals surface area contributed by atoms with E-state index in [4.69, 9.17) is 4.74 Å². The van der Waals surface area contributed by atoms with Gasteiger partial charge in [0.2, 0.25) is 0 Å².